The maximum absolute atomic E-state index is 11.1. The first-order valence-electron chi connectivity index (χ1n) is 5.65. The summed E-state index contributed by atoms with van der Waals surface area (Å²) in [7, 11) is -0.695. The molecule has 4 unspecified atom stereocenters. The van der Waals surface area contributed by atoms with Crippen LogP contribution in [0.1, 0.15) is 33.6 Å². The molecule has 0 aliphatic rings. The van der Waals surface area contributed by atoms with E-state index in [-0.39, 0.29) is 0 Å². The van der Waals surface area contributed by atoms with E-state index in [0.29, 0.717) is 17.2 Å². The van der Waals surface area contributed by atoms with Gasteiger partial charge < -0.3 is 5.32 Å². The summed E-state index contributed by atoms with van der Waals surface area (Å²) in [4.78, 5) is 0. The molecule has 0 saturated heterocycles. The molecule has 0 aromatic rings. The standard InChI is InChI=1S/C12H25NOS/c1-6-7-10(2)12(4)13-9-8-11(3)15(5)14/h6,10-13H,1,7-9H2,2-5H3. The zero-order valence-electron chi connectivity index (χ0n) is 10.5. The van der Waals surface area contributed by atoms with E-state index in [1.54, 1.807) is 6.26 Å². The second kappa shape index (κ2) is 8.05. The maximum atomic E-state index is 11.1. The lowest BCUT2D eigenvalue weighted by Gasteiger charge is -2.20. The van der Waals surface area contributed by atoms with Crippen molar-refractivity contribution in [2.45, 2.75) is 44.9 Å². The summed E-state index contributed by atoms with van der Waals surface area (Å²) in [6, 6.07) is 0.500. The molecular weight excluding hydrogens is 206 g/mol. The average molecular weight is 231 g/mol. The van der Waals surface area contributed by atoms with Crippen molar-refractivity contribution >= 4 is 10.8 Å². The molecule has 0 aromatic carbocycles. The monoisotopic (exact) mass is 231 g/mol. The van der Waals surface area contributed by atoms with Crippen LogP contribution in [0.3, 0.4) is 0 Å². The van der Waals surface area contributed by atoms with E-state index < -0.39 is 10.8 Å². The fourth-order valence-electron chi connectivity index (χ4n) is 1.35. The molecule has 0 aliphatic carbocycles. The quantitative estimate of drug-likeness (QED) is 0.650. The molecular formula is C12H25NOS. The van der Waals surface area contributed by atoms with Crippen molar-refractivity contribution in [3.8, 4) is 0 Å². The molecule has 0 radical (unpaired) electrons. The Morgan fingerprint density at radius 2 is 2.00 bits per heavy atom. The third kappa shape index (κ3) is 6.85. The van der Waals surface area contributed by atoms with Gasteiger partial charge in [-0.1, -0.05) is 19.9 Å². The van der Waals surface area contributed by atoms with Crippen molar-refractivity contribution in [2.24, 2.45) is 5.92 Å². The molecule has 4 atom stereocenters. The zero-order valence-corrected chi connectivity index (χ0v) is 11.3. The number of allylic oxidation sites excluding steroid dienone is 1. The summed E-state index contributed by atoms with van der Waals surface area (Å²) in [6.45, 7) is 11.2. The largest absolute Gasteiger partial charge is 0.314 e. The first-order valence-corrected chi connectivity index (χ1v) is 7.27. The van der Waals surface area contributed by atoms with Gasteiger partial charge in [-0.25, -0.2) is 0 Å². The van der Waals surface area contributed by atoms with Gasteiger partial charge >= 0.3 is 0 Å². The highest BCUT2D eigenvalue weighted by Gasteiger charge is 2.11. The highest BCUT2D eigenvalue weighted by atomic mass is 32.2. The van der Waals surface area contributed by atoms with Gasteiger partial charge in [0.2, 0.25) is 0 Å². The minimum absolute atomic E-state index is 0.291. The van der Waals surface area contributed by atoms with E-state index in [9.17, 15) is 4.21 Å². The van der Waals surface area contributed by atoms with Gasteiger partial charge in [-0.05, 0) is 32.2 Å². The average Bonchev–Trinajstić information content (AvgIpc) is 2.17. The highest BCUT2D eigenvalue weighted by Crippen LogP contribution is 2.08. The van der Waals surface area contributed by atoms with Gasteiger partial charge in [0.1, 0.15) is 0 Å². The van der Waals surface area contributed by atoms with E-state index in [0.717, 1.165) is 19.4 Å². The maximum Gasteiger partial charge on any atom is 0.0329 e. The Hall–Kier alpha value is -0.150. The Kier molecular flexibility index (Phi) is 7.97. The van der Waals surface area contributed by atoms with Crippen LogP contribution in [0.4, 0.5) is 0 Å². The van der Waals surface area contributed by atoms with Gasteiger partial charge in [0.25, 0.3) is 0 Å². The summed E-state index contributed by atoms with van der Waals surface area (Å²) in [6.07, 6.45) is 5.76. The van der Waals surface area contributed by atoms with Crippen LogP contribution in [0.25, 0.3) is 0 Å². The fourth-order valence-corrected chi connectivity index (χ4v) is 1.80. The van der Waals surface area contributed by atoms with E-state index in [1.165, 1.54) is 0 Å². The van der Waals surface area contributed by atoms with Crippen LogP contribution in [0.15, 0.2) is 12.7 Å². The molecule has 0 aliphatic heterocycles. The molecule has 2 nitrogen and oxygen atoms in total. The minimum Gasteiger partial charge on any atom is -0.314 e. The minimum atomic E-state index is -0.695. The van der Waals surface area contributed by atoms with Crippen molar-refractivity contribution in [3.05, 3.63) is 12.7 Å². The fraction of sp³-hybridized carbons (Fsp3) is 0.833. The Morgan fingerprint density at radius 3 is 2.47 bits per heavy atom. The molecule has 0 fully saturated rings. The Balaban J connectivity index is 3.66. The van der Waals surface area contributed by atoms with Crippen molar-refractivity contribution < 1.29 is 4.21 Å². The van der Waals surface area contributed by atoms with Gasteiger partial charge in [-0.15, -0.1) is 6.58 Å². The van der Waals surface area contributed by atoms with Gasteiger partial charge in [0.05, 0.1) is 0 Å². The Bertz CT molecular complexity index is 206. The SMILES string of the molecule is C=CCC(C)C(C)NCCC(C)S(C)=O. The third-order valence-corrected chi connectivity index (χ3v) is 4.34. The number of hydrogen-bond acceptors (Lipinski definition) is 2. The second-order valence-electron chi connectivity index (χ2n) is 4.34. The molecule has 0 amide bonds. The van der Waals surface area contributed by atoms with Crippen LogP contribution in [-0.2, 0) is 10.8 Å². The summed E-state index contributed by atoms with van der Waals surface area (Å²) < 4.78 is 11.1. The lowest BCUT2D eigenvalue weighted by Crippen LogP contribution is -2.34. The topological polar surface area (TPSA) is 29.1 Å². The van der Waals surface area contributed by atoms with E-state index in [2.05, 4.69) is 25.7 Å². The molecule has 90 valence electrons. The molecule has 0 spiro atoms. The first-order chi connectivity index (χ1) is 6.99. The van der Waals surface area contributed by atoms with Gasteiger partial charge in [0.15, 0.2) is 0 Å². The van der Waals surface area contributed by atoms with Crippen LogP contribution in [0.2, 0.25) is 0 Å². The Labute approximate surface area is 97.0 Å². The molecule has 3 heteroatoms. The molecule has 0 rings (SSSR count). The first kappa shape index (κ1) is 14.8. The van der Waals surface area contributed by atoms with Crippen LogP contribution >= 0.6 is 0 Å². The second-order valence-corrected chi connectivity index (χ2v) is 6.14. The summed E-state index contributed by atoms with van der Waals surface area (Å²) in [5.74, 6) is 0.616. The van der Waals surface area contributed by atoms with Crippen LogP contribution in [0.5, 0.6) is 0 Å². The molecule has 1 N–H and O–H groups in total. The Morgan fingerprint density at radius 1 is 1.40 bits per heavy atom. The predicted octanol–water partition coefficient (Wildman–Crippen LogP) is 2.33. The van der Waals surface area contributed by atoms with Crippen molar-refractivity contribution in [1.29, 1.82) is 0 Å². The van der Waals surface area contributed by atoms with Gasteiger partial charge in [-0.2, -0.15) is 0 Å². The van der Waals surface area contributed by atoms with Crippen LogP contribution in [-0.4, -0.2) is 28.3 Å². The molecule has 0 bridgehead atoms. The normalized spacial score (nSPS) is 19.2. The molecule has 15 heavy (non-hydrogen) atoms. The highest BCUT2D eigenvalue weighted by molar-refractivity contribution is 7.84. The van der Waals surface area contributed by atoms with Crippen LogP contribution < -0.4 is 5.32 Å². The summed E-state index contributed by atoms with van der Waals surface area (Å²) in [5.41, 5.74) is 0. The number of nitrogens with one attached hydrogen (secondary N) is 1. The molecule has 0 aromatic heterocycles. The van der Waals surface area contributed by atoms with Crippen molar-refractivity contribution in [3.63, 3.8) is 0 Å². The van der Waals surface area contributed by atoms with Gasteiger partial charge in [0, 0.05) is 28.3 Å². The molecule has 0 heterocycles. The third-order valence-electron chi connectivity index (χ3n) is 2.98. The lowest BCUT2D eigenvalue weighted by atomic mass is 10.00. The number of rotatable bonds is 8. The lowest BCUT2D eigenvalue weighted by molar-refractivity contribution is 0.401. The zero-order chi connectivity index (χ0) is 11.8. The van der Waals surface area contributed by atoms with Crippen molar-refractivity contribution in [1.82, 2.24) is 5.32 Å². The molecule has 0 saturated carbocycles. The predicted molar refractivity (Wildman–Crippen MR) is 69.6 cm³/mol. The summed E-state index contributed by atoms with van der Waals surface area (Å²) >= 11 is 0. The van der Waals surface area contributed by atoms with Gasteiger partial charge in [-0.3, -0.25) is 4.21 Å². The van der Waals surface area contributed by atoms with E-state index in [1.807, 2.05) is 13.0 Å². The van der Waals surface area contributed by atoms with E-state index in [4.69, 9.17) is 0 Å². The number of hydrogen-bond donors (Lipinski definition) is 1. The van der Waals surface area contributed by atoms with E-state index >= 15 is 0 Å². The summed E-state index contributed by atoms with van der Waals surface area (Å²) in [5, 5.41) is 3.76. The smallest absolute Gasteiger partial charge is 0.0329 e. The van der Waals surface area contributed by atoms with Crippen LogP contribution in [0, 0.1) is 5.92 Å². The van der Waals surface area contributed by atoms with Crippen molar-refractivity contribution in [2.75, 3.05) is 12.8 Å².